The zero-order chi connectivity index (χ0) is 6.41. The van der Waals surface area contributed by atoms with E-state index < -0.39 is 0 Å². The van der Waals surface area contributed by atoms with Gasteiger partial charge in [-0.05, 0) is 13.5 Å². The van der Waals surface area contributed by atoms with E-state index in [2.05, 4.69) is 5.32 Å². The molecule has 0 aliphatic rings. The molecule has 0 aromatic heterocycles. The molecule has 0 fully saturated rings. The molecule has 0 aromatic carbocycles. The van der Waals surface area contributed by atoms with Gasteiger partial charge in [0.25, 0.3) is 0 Å². The van der Waals surface area contributed by atoms with Crippen LogP contribution in [0.1, 0.15) is 6.92 Å². The van der Waals surface area contributed by atoms with Gasteiger partial charge in [0.1, 0.15) is 5.78 Å². The number of hydrogen-bond acceptors (Lipinski definition) is 2. The molecule has 0 unspecified atom stereocenters. The van der Waals surface area contributed by atoms with Crippen LogP contribution in [-0.2, 0) is 4.79 Å². The van der Waals surface area contributed by atoms with Gasteiger partial charge in [-0.25, -0.2) is 0 Å². The van der Waals surface area contributed by atoms with Gasteiger partial charge in [0.2, 0.25) is 0 Å². The first kappa shape index (κ1) is 13.0. The van der Waals surface area contributed by atoms with Crippen molar-refractivity contribution in [3.63, 3.8) is 0 Å². The zero-order valence-corrected chi connectivity index (χ0v) is 10.9. The summed E-state index contributed by atoms with van der Waals surface area (Å²) in [6.07, 6.45) is 0. The molecule has 0 atom stereocenters. The predicted molar refractivity (Wildman–Crippen MR) is 32.7 cm³/mol. The van der Waals surface area contributed by atoms with Crippen LogP contribution < -0.4 is 63.5 Å². The molecule has 0 bridgehead atoms. The van der Waals surface area contributed by atoms with Gasteiger partial charge in [-0.2, -0.15) is 0 Å². The van der Waals surface area contributed by atoms with E-state index in [0.717, 1.165) is 0 Å². The standard InChI is InChI=1S/C5H11N2O.Rb/c1-5(8)4-7-3-2-6;/h6-7H,2-4H2,1H3;/q-1;+1. The topological polar surface area (TPSA) is 52.9 Å². The minimum atomic E-state index is 0. The van der Waals surface area contributed by atoms with Gasteiger partial charge >= 0.3 is 58.2 Å². The second-order valence-electron chi connectivity index (χ2n) is 1.63. The fourth-order valence-corrected chi connectivity index (χ4v) is 0.353. The summed E-state index contributed by atoms with van der Waals surface area (Å²) in [5.74, 6) is 0.124. The van der Waals surface area contributed by atoms with Crippen LogP contribution in [0.15, 0.2) is 0 Å². The zero-order valence-electron chi connectivity index (χ0n) is 6.03. The number of carbonyl (C=O) groups excluding carboxylic acids is 1. The van der Waals surface area contributed by atoms with Crippen LogP contribution in [0.25, 0.3) is 5.73 Å². The Hall–Kier alpha value is 1.40. The molecule has 9 heavy (non-hydrogen) atoms. The van der Waals surface area contributed by atoms with Crippen LogP contribution >= 0.6 is 0 Å². The summed E-state index contributed by atoms with van der Waals surface area (Å²) in [6, 6.07) is 0. The Bertz CT molecular complexity index is 77.4. The van der Waals surface area contributed by atoms with Crippen molar-refractivity contribution in [2.45, 2.75) is 6.92 Å². The number of nitrogens with one attached hydrogen (secondary N) is 2. The van der Waals surface area contributed by atoms with Crippen LogP contribution in [0.3, 0.4) is 0 Å². The first-order valence-corrected chi connectivity index (χ1v) is 2.62. The van der Waals surface area contributed by atoms with Crippen molar-refractivity contribution in [1.29, 1.82) is 0 Å². The van der Waals surface area contributed by atoms with Crippen LogP contribution in [0.2, 0.25) is 0 Å². The monoisotopic (exact) mass is 200 g/mol. The molecule has 48 valence electrons. The first-order valence-electron chi connectivity index (χ1n) is 2.62. The van der Waals surface area contributed by atoms with Crippen molar-refractivity contribution in [1.82, 2.24) is 5.32 Å². The summed E-state index contributed by atoms with van der Waals surface area (Å²) in [5.41, 5.74) is 6.67. The van der Waals surface area contributed by atoms with E-state index in [-0.39, 0.29) is 64.0 Å². The summed E-state index contributed by atoms with van der Waals surface area (Å²) >= 11 is 0. The van der Waals surface area contributed by atoms with E-state index in [4.69, 9.17) is 5.73 Å². The molecule has 0 rings (SSSR count). The summed E-state index contributed by atoms with van der Waals surface area (Å²) < 4.78 is 0. The largest absolute Gasteiger partial charge is 1.00 e. The summed E-state index contributed by atoms with van der Waals surface area (Å²) in [7, 11) is 0. The number of Topliss-reactive ketones (excluding diaryl/α,β-unsaturated/α-hetero) is 1. The van der Waals surface area contributed by atoms with Crippen molar-refractivity contribution in [3.05, 3.63) is 5.73 Å². The van der Waals surface area contributed by atoms with Gasteiger partial charge in [-0.15, -0.1) is 6.54 Å². The quantitative estimate of drug-likeness (QED) is 0.500. The Morgan fingerprint density at radius 1 is 1.67 bits per heavy atom. The Morgan fingerprint density at radius 2 is 2.22 bits per heavy atom. The number of ketones is 1. The molecule has 0 aliphatic heterocycles. The Kier molecular flexibility index (Phi) is 13.6. The number of carbonyl (C=O) groups is 1. The molecule has 0 aromatic rings. The van der Waals surface area contributed by atoms with E-state index >= 15 is 0 Å². The molecule has 3 nitrogen and oxygen atoms in total. The summed E-state index contributed by atoms with van der Waals surface area (Å²) in [4.78, 5) is 10.2. The maximum absolute atomic E-state index is 10.2. The Labute approximate surface area is 105 Å². The minimum absolute atomic E-state index is 0. The molecule has 0 spiro atoms. The van der Waals surface area contributed by atoms with Crippen LogP contribution in [0, 0.1) is 0 Å². The molecular formula is C5H11N2ORb. The van der Waals surface area contributed by atoms with Gasteiger partial charge in [-0.1, -0.05) is 0 Å². The first-order chi connectivity index (χ1) is 3.77. The smallest absolute Gasteiger partial charge is 0.676 e. The third-order valence-corrected chi connectivity index (χ3v) is 0.676. The molecule has 0 saturated heterocycles. The summed E-state index contributed by atoms with van der Waals surface area (Å²) in [6.45, 7) is 2.88. The van der Waals surface area contributed by atoms with Crippen LogP contribution in [-0.4, -0.2) is 25.4 Å². The normalized spacial score (nSPS) is 8.22. The van der Waals surface area contributed by atoms with E-state index in [1.54, 1.807) is 0 Å². The van der Waals surface area contributed by atoms with Crippen molar-refractivity contribution < 1.29 is 63.0 Å². The SMILES string of the molecule is CC(=O)CNCC[NH-].[Rb+]. The maximum Gasteiger partial charge on any atom is 1.00 e. The van der Waals surface area contributed by atoms with Gasteiger partial charge in [0.15, 0.2) is 0 Å². The maximum atomic E-state index is 10.2. The Balaban J connectivity index is 0. The van der Waals surface area contributed by atoms with Crippen LogP contribution in [0.5, 0.6) is 0 Å². The van der Waals surface area contributed by atoms with Crippen molar-refractivity contribution in [2.24, 2.45) is 0 Å². The predicted octanol–water partition coefficient (Wildman–Crippen LogP) is -2.78. The minimum Gasteiger partial charge on any atom is -0.676 e. The van der Waals surface area contributed by atoms with Gasteiger partial charge in [-0.3, -0.25) is 4.79 Å². The third kappa shape index (κ3) is 12.6. The molecule has 0 heterocycles. The van der Waals surface area contributed by atoms with E-state index in [0.29, 0.717) is 19.6 Å². The van der Waals surface area contributed by atoms with Crippen LogP contribution in [0.4, 0.5) is 0 Å². The van der Waals surface area contributed by atoms with Crippen molar-refractivity contribution >= 4 is 5.78 Å². The van der Waals surface area contributed by atoms with E-state index in [1.165, 1.54) is 6.92 Å². The number of hydrogen-bond donors (Lipinski definition) is 1. The van der Waals surface area contributed by atoms with Gasteiger partial charge < -0.3 is 11.1 Å². The number of rotatable bonds is 4. The molecular weight excluding hydrogens is 190 g/mol. The Morgan fingerprint density at radius 3 is 2.56 bits per heavy atom. The second-order valence-corrected chi connectivity index (χ2v) is 1.63. The average molecular weight is 201 g/mol. The summed E-state index contributed by atoms with van der Waals surface area (Å²) in [5, 5.41) is 2.80. The molecule has 0 amide bonds. The van der Waals surface area contributed by atoms with E-state index in [9.17, 15) is 4.79 Å². The van der Waals surface area contributed by atoms with Gasteiger partial charge in [0, 0.05) is 0 Å². The third-order valence-electron chi connectivity index (χ3n) is 0.676. The van der Waals surface area contributed by atoms with E-state index in [1.807, 2.05) is 0 Å². The fourth-order valence-electron chi connectivity index (χ4n) is 0.353. The molecule has 2 N–H and O–H groups in total. The van der Waals surface area contributed by atoms with Crippen molar-refractivity contribution in [3.8, 4) is 0 Å². The molecule has 4 heteroatoms. The fraction of sp³-hybridized carbons (Fsp3) is 0.800. The molecule has 0 aliphatic carbocycles. The second kappa shape index (κ2) is 9.40. The van der Waals surface area contributed by atoms with Crippen molar-refractivity contribution in [2.75, 3.05) is 19.6 Å². The molecule has 0 saturated carbocycles. The molecule has 0 radical (unpaired) electrons. The van der Waals surface area contributed by atoms with Gasteiger partial charge in [0.05, 0.1) is 6.54 Å². The average Bonchev–Trinajstić information content (AvgIpc) is 1.66.